The highest BCUT2D eigenvalue weighted by Crippen LogP contribution is 2.72. The van der Waals surface area contributed by atoms with Crippen molar-refractivity contribution in [2.24, 2.45) is 0 Å². The highest BCUT2D eigenvalue weighted by atomic mass is 16.4. The van der Waals surface area contributed by atoms with Crippen molar-refractivity contribution in [1.82, 2.24) is 0 Å². The highest BCUT2D eigenvalue weighted by Gasteiger charge is 2.69. The van der Waals surface area contributed by atoms with Crippen molar-refractivity contribution >= 4 is 23.9 Å². The number of carboxylic acid groups (broad SMARTS) is 4. The first kappa shape index (κ1) is 45.3. The molecule has 10 nitrogen and oxygen atoms in total. The summed E-state index contributed by atoms with van der Waals surface area (Å²) in [5.41, 5.74) is 8.63. The van der Waals surface area contributed by atoms with Gasteiger partial charge in [0.2, 0.25) is 0 Å². The van der Waals surface area contributed by atoms with Crippen LogP contribution in [0.2, 0.25) is 0 Å². The van der Waals surface area contributed by atoms with Gasteiger partial charge in [-0.2, -0.15) is 0 Å². The molecule has 0 radical (unpaired) electrons. The third-order valence-corrected chi connectivity index (χ3v) is 12.7. The fourth-order valence-corrected chi connectivity index (χ4v) is 9.82. The summed E-state index contributed by atoms with van der Waals surface area (Å²) in [7, 11) is 0. The summed E-state index contributed by atoms with van der Waals surface area (Å²) in [4.78, 5) is 43.9. The lowest BCUT2D eigenvalue weighted by Gasteiger charge is -2.51. The van der Waals surface area contributed by atoms with Gasteiger partial charge in [0.05, 0.1) is 11.1 Å². The number of hydrogen-bond donors (Lipinski definition) is 6. The van der Waals surface area contributed by atoms with Crippen LogP contribution < -0.4 is 0 Å². The fourth-order valence-electron chi connectivity index (χ4n) is 9.82. The Bertz CT molecular complexity index is 2500. The average Bonchev–Trinajstić information content (AvgIpc) is 3.66. The number of rotatable bonds is 12. The average molecular weight is 849 g/mol. The van der Waals surface area contributed by atoms with Crippen molar-refractivity contribution < 1.29 is 49.8 Å². The number of unbranched alkanes of at least 4 members (excludes halogenated alkanes) is 4. The number of phenolic OH excluding ortho intramolecular Hbond substituents is 2. The van der Waals surface area contributed by atoms with Crippen LogP contribution in [0.15, 0.2) is 140 Å². The smallest absolute Gasteiger partial charge is 0.335 e. The lowest BCUT2D eigenvalue weighted by Crippen LogP contribution is -2.53. The Labute approximate surface area is 366 Å². The van der Waals surface area contributed by atoms with Crippen molar-refractivity contribution in [2.45, 2.75) is 82.0 Å². The van der Waals surface area contributed by atoms with Crippen molar-refractivity contribution in [3.63, 3.8) is 0 Å². The SMILES string of the molecule is CC1(C)c2ccc(C(=O)O)cc2C(C)(c2ccc(C(=O)O)cc2)C12c1ccccc1-c1ccccc12.O=C(O)CCCCCCCC(=O)O.Oc1ccc(-c2ccc(O)cc2)cc1. The Balaban J connectivity index is 0.000000201. The normalized spacial score (nSPS) is 15.7. The number of carbonyl (C=O) groups is 4. The van der Waals surface area contributed by atoms with Crippen molar-refractivity contribution in [1.29, 1.82) is 0 Å². The molecule has 1 spiro atoms. The molecule has 8 rings (SSSR count). The zero-order chi connectivity index (χ0) is 45.5. The fraction of sp³-hybridized carbons (Fsp3) is 0.245. The van der Waals surface area contributed by atoms with Crippen molar-refractivity contribution in [3.8, 4) is 33.8 Å². The quantitative estimate of drug-likeness (QED) is 0.0646. The molecular formula is C53H52O10. The molecule has 0 aliphatic heterocycles. The standard InChI is InChI=1S/C32H26O4.C12H10O2.C9H16O4/c1-30(2)26-17-14-20(29(35)36)18-27(26)31(3,21-15-12-19(13-16-21)28(33)34)32(30)24-10-6-4-8-22(24)23-9-5-7-11-25(23)32;13-11-5-1-9(2-6-11)10-3-7-12(14)8-4-10;10-8(11)6-4-2-1-3-5-7-9(12)13/h4-18H,1-3H3,(H,33,34)(H,35,36);1-8,13-14H;1-7H2,(H,10,11)(H,12,13). The minimum absolute atomic E-state index is 0.221. The Kier molecular flexibility index (Phi) is 13.5. The van der Waals surface area contributed by atoms with E-state index in [0.29, 0.717) is 12.8 Å². The van der Waals surface area contributed by atoms with E-state index in [1.54, 1.807) is 42.5 Å². The van der Waals surface area contributed by atoms with Gasteiger partial charge < -0.3 is 30.6 Å². The van der Waals surface area contributed by atoms with E-state index in [-0.39, 0.29) is 35.5 Å². The van der Waals surface area contributed by atoms with E-state index >= 15 is 0 Å². The molecule has 1 unspecified atom stereocenters. The lowest BCUT2D eigenvalue weighted by atomic mass is 9.50. The topological polar surface area (TPSA) is 190 Å². The number of benzene rings is 6. The molecule has 6 aromatic carbocycles. The molecule has 0 saturated heterocycles. The Morgan fingerprint density at radius 3 is 1.29 bits per heavy atom. The summed E-state index contributed by atoms with van der Waals surface area (Å²) in [5, 5.41) is 54.3. The number of fused-ring (bicyclic) bond motifs is 6. The zero-order valence-electron chi connectivity index (χ0n) is 35.5. The number of aliphatic carboxylic acids is 2. The molecule has 63 heavy (non-hydrogen) atoms. The monoisotopic (exact) mass is 848 g/mol. The summed E-state index contributed by atoms with van der Waals surface area (Å²) >= 11 is 0. The zero-order valence-corrected chi connectivity index (χ0v) is 35.5. The molecule has 0 amide bonds. The Hall–Kier alpha value is -7.20. The Morgan fingerprint density at radius 2 is 0.857 bits per heavy atom. The van der Waals surface area contributed by atoms with E-state index in [0.717, 1.165) is 47.1 Å². The molecular weight excluding hydrogens is 797 g/mol. The molecule has 0 aromatic heterocycles. The number of aromatic carboxylic acids is 2. The molecule has 0 saturated carbocycles. The van der Waals surface area contributed by atoms with E-state index in [9.17, 15) is 29.4 Å². The summed E-state index contributed by atoms with van der Waals surface area (Å²) in [6, 6.07) is 43.5. The third-order valence-electron chi connectivity index (χ3n) is 12.7. The van der Waals surface area contributed by atoms with Gasteiger partial charge in [0.25, 0.3) is 0 Å². The minimum Gasteiger partial charge on any atom is -0.508 e. The first-order valence-electron chi connectivity index (χ1n) is 21.0. The van der Waals surface area contributed by atoms with Crippen molar-refractivity contribution in [3.05, 3.63) is 178 Å². The summed E-state index contributed by atoms with van der Waals surface area (Å²) < 4.78 is 0. The molecule has 324 valence electrons. The van der Waals surface area contributed by atoms with E-state index in [1.807, 2.05) is 48.5 Å². The van der Waals surface area contributed by atoms with Gasteiger partial charge in [-0.3, -0.25) is 9.59 Å². The van der Waals surface area contributed by atoms with Crippen LogP contribution in [-0.4, -0.2) is 54.5 Å². The van der Waals surface area contributed by atoms with Crippen LogP contribution >= 0.6 is 0 Å². The van der Waals surface area contributed by atoms with Crippen molar-refractivity contribution in [2.75, 3.05) is 0 Å². The van der Waals surface area contributed by atoms with Gasteiger partial charge >= 0.3 is 23.9 Å². The van der Waals surface area contributed by atoms with Gasteiger partial charge in [-0.25, -0.2) is 9.59 Å². The molecule has 10 heteroatoms. The van der Waals surface area contributed by atoms with Gasteiger partial charge in [0.15, 0.2) is 0 Å². The van der Waals surface area contributed by atoms with Gasteiger partial charge in [-0.05, 0) is 111 Å². The van der Waals surface area contributed by atoms with E-state index in [2.05, 4.69) is 69.3 Å². The number of carboxylic acids is 4. The van der Waals surface area contributed by atoms with Crippen LogP contribution in [0.4, 0.5) is 0 Å². The minimum atomic E-state index is -0.974. The predicted octanol–water partition coefficient (Wildman–Crippen LogP) is 11.3. The maximum atomic E-state index is 12.1. The maximum Gasteiger partial charge on any atom is 0.335 e. The number of aromatic hydroxyl groups is 2. The number of phenols is 2. The third kappa shape index (κ3) is 8.79. The highest BCUT2D eigenvalue weighted by molar-refractivity contribution is 5.91. The van der Waals surface area contributed by atoms with Crippen LogP contribution in [0.5, 0.6) is 11.5 Å². The van der Waals surface area contributed by atoms with Crippen LogP contribution in [0, 0.1) is 0 Å². The molecule has 6 aromatic rings. The Morgan fingerprint density at radius 1 is 0.444 bits per heavy atom. The van der Waals surface area contributed by atoms with E-state index in [1.165, 1.54) is 22.3 Å². The maximum absolute atomic E-state index is 12.1. The lowest BCUT2D eigenvalue weighted by molar-refractivity contribution is -0.138. The second-order valence-corrected chi connectivity index (χ2v) is 16.7. The van der Waals surface area contributed by atoms with Gasteiger partial charge in [-0.1, -0.05) is 131 Å². The van der Waals surface area contributed by atoms with Crippen LogP contribution in [0.1, 0.15) is 114 Å². The van der Waals surface area contributed by atoms with Crippen LogP contribution in [0.3, 0.4) is 0 Å². The summed E-state index contributed by atoms with van der Waals surface area (Å²) in [5.74, 6) is -2.94. The van der Waals surface area contributed by atoms with Gasteiger partial charge in [0.1, 0.15) is 11.5 Å². The second-order valence-electron chi connectivity index (χ2n) is 16.7. The molecule has 0 heterocycles. The molecule has 1 atom stereocenters. The summed E-state index contributed by atoms with van der Waals surface area (Å²) in [6.07, 6.45) is 4.53. The molecule has 0 fully saturated rings. The molecule has 2 aliphatic rings. The first-order chi connectivity index (χ1) is 30.0. The molecule has 6 N–H and O–H groups in total. The number of hydrogen-bond acceptors (Lipinski definition) is 6. The van der Waals surface area contributed by atoms with Gasteiger partial charge in [-0.15, -0.1) is 0 Å². The second kappa shape index (κ2) is 18.8. The van der Waals surface area contributed by atoms with E-state index < -0.39 is 40.1 Å². The first-order valence-corrected chi connectivity index (χ1v) is 21.0. The van der Waals surface area contributed by atoms with Gasteiger partial charge in [0, 0.05) is 29.1 Å². The predicted molar refractivity (Wildman–Crippen MR) is 242 cm³/mol. The van der Waals surface area contributed by atoms with Crippen LogP contribution in [-0.2, 0) is 25.8 Å². The van der Waals surface area contributed by atoms with E-state index in [4.69, 9.17) is 20.4 Å². The molecule has 0 bridgehead atoms. The van der Waals surface area contributed by atoms with Crippen LogP contribution in [0.25, 0.3) is 22.3 Å². The summed E-state index contributed by atoms with van der Waals surface area (Å²) in [6.45, 7) is 6.70. The molecule has 2 aliphatic carbocycles. The largest absolute Gasteiger partial charge is 0.508 e.